The molecule has 0 radical (unpaired) electrons. The van der Waals surface area contributed by atoms with Crippen LogP contribution in [0.25, 0.3) is 16.7 Å². The van der Waals surface area contributed by atoms with E-state index in [0.29, 0.717) is 12.2 Å². The molecule has 0 aliphatic rings. The van der Waals surface area contributed by atoms with Crippen LogP contribution < -0.4 is 27.2 Å². The Kier molecular flexibility index (Phi) is 9.24. The van der Waals surface area contributed by atoms with Gasteiger partial charge in [0, 0.05) is 23.8 Å². The Labute approximate surface area is 211 Å². The van der Waals surface area contributed by atoms with Gasteiger partial charge in [-0.1, -0.05) is 38.1 Å². The average Bonchev–Trinajstić information content (AvgIpc) is 3.26. The molecule has 6 N–H and O–H groups in total. The van der Waals surface area contributed by atoms with Crippen molar-refractivity contribution in [3.8, 4) is 11.4 Å². The van der Waals surface area contributed by atoms with Crippen LogP contribution in [0.2, 0.25) is 0 Å². The maximum Gasteiger partial charge on any atom is 0.354 e. The number of ether oxygens (including phenoxy) is 1. The lowest BCUT2D eigenvalue weighted by molar-refractivity contribution is 0.414. The molecule has 4 aromatic rings. The summed E-state index contributed by atoms with van der Waals surface area (Å²) < 4.78 is 6.86. The molecule has 2 aromatic heterocycles. The van der Waals surface area contributed by atoms with Crippen molar-refractivity contribution in [3.63, 3.8) is 0 Å². The molecule has 0 saturated heterocycles. The van der Waals surface area contributed by atoms with Crippen molar-refractivity contribution in [1.82, 2.24) is 19.9 Å². The molecule has 190 valence electrons. The molecule has 1 atom stereocenters. The van der Waals surface area contributed by atoms with Crippen LogP contribution in [0, 0.1) is 6.92 Å². The number of nitrogens with two attached hydrogens (primary N) is 2. The Hall–Kier alpha value is -4.11. The van der Waals surface area contributed by atoms with Crippen molar-refractivity contribution < 1.29 is 4.74 Å². The number of H-pyrrole nitrogens is 1. The second kappa shape index (κ2) is 12.6. The van der Waals surface area contributed by atoms with Gasteiger partial charge in [0.1, 0.15) is 11.4 Å². The molecule has 2 heterocycles. The Morgan fingerprint density at radius 2 is 1.75 bits per heavy atom. The molecule has 0 amide bonds. The van der Waals surface area contributed by atoms with E-state index in [0.717, 1.165) is 46.6 Å². The van der Waals surface area contributed by atoms with Crippen LogP contribution in [0.15, 0.2) is 70.6 Å². The summed E-state index contributed by atoms with van der Waals surface area (Å²) in [6, 6.07) is 17.8. The van der Waals surface area contributed by atoms with E-state index < -0.39 is 0 Å². The van der Waals surface area contributed by atoms with Gasteiger partial charge in [-0.2, -0.15) is 4.98 Å². The Balaban J connectivity index is 0.00000176. The number of aromatic amines is 1. The highest BCUT2D eigenvalue weighted by Gasteiger charge is 2.15. The Bertz CT molecular complexity index is 1340. The van der Waals surface area contributed by atoms with Crippen molar-refractivity contribution in [2.75, 3.05) is 20.2 Å². The van der Waals surface area contributed by atoms with E-state index in [4.69, 9.17) is 16.2 Å². The normalized spacial score (nSPS) is 11.4. The van der Waals surface area contributed by atoms with Gasteiger partial charge in [-0.05, 0) is 61.3 Å². The summed E-state index contributed by atoms with van der Waals surface area (Å²) in [6.45, 7) is 7.22. The van der Waals surface area contributed by atoms with Gasteiger partial charge in [0.2, 0.25) is 0 Å². The first-order chi connectivity index (χ1) is 17.4. The molecule has 4 rings (SSSR count). The quantitative estimate of drug-likeness (QED) is 0.162. The SMILES string of the molecule is CC.COc1ccc([C@H](NCCCN=C(N)N)c2ccc(-n3cc4cc(C)[nH]c4nc3=O)cc2)cc1. The third-order valence-corrected chi connectivity index (χ3v) is 5.57. The van der Waals surface area contributed by atoms with Gasteiger partial charge in [0.05, 0.1) is 18.8 Å². The second-order valence-corrected chi connectivity index (χ2v) is 8.06. The van der Waals surface area contributed by atoms with Crippen molar-refractivity contribution in [2.45, 2.75) is 33.2 Å². The van der Waals surface area contributed by atoms with E-state index in [1.165, 1.54) is 0 Å². The lowest BCUT2D eigenvalue weighted by Crippen LogP contribution is -2.26. The average molecular weight is 490 g/mol. The molecule has 0 aliphatic carbocycles. The number of aliphatic imine (C=N–C) groups is 1. The number of fused-ring (bicyclic) bond motifs is 1. The minimum absolute atomic E-state index is 0.0520. The highest BCUT2D eigenvalue weighted by Crippen LogP contribution is 2.25. The van der Waals surface area contributed by atoms with Crippen molar-refractivity contribution in [3.05, 3.63) is 88.1 Å². The monoisotopic (exact) mass is 489 g/mol. The largest absolute Gasteiger partial charge is 0.497 e. The predicted octanol–water partition coefficient (Wildman–Crippen LogP) is 3.40. The summed E-state index contributed by atoms with van der Waals surface area (Å²) in [5.41, 5.74) is 15.0. The summed E-state index contributed by atoms with van der Waals surface area (Å²) in [4.78, 5) is 23.9. The zero-order chi connectivity index (χ0) is 26.1. The Morgan fingerprint density at radius 1 is 1.11 bits per heavy atom. The zero-order valence-corrected chi connectivity index (χ0v) is 21.3. The molecule has 0 bridgehead atoms. The van der Waals surface area contributed by atoms with E-state index >= 15 is 0 Å². The van der Waals surface area contributed by atoms with E-state index in [9.17, 15) is 4.79 Å². The first-order valence-corrected chi connectivity index (χ1v) is 12.1. The number of hydrogen-bond acceptors (Lipinski definition) is 5. The van der Waals surface area contributed by atoms with Crippen LogP contribution in [-0.4, -0.2) is 40.7 Å². The van der Waals surface area contributed by atoms with Crippen molar-refractivity contribution in [1.29, 1.82) is 0 Å². The molecular weight excluding hydrogens is 454 g/mol. The fourth-order valence-electron chi connectivity index (χ4n) is 3.90. The lowest BCUT2D eigenvalue weighted by Gasteiger charge is -2.20. The zero-order valence-electron chi connectivity index (χ0n) is 21.3. The molecule has 0 saturated carbocycles. The number of nitrogens with zero attached hydrogens (tertiary/aromatic N) is 3. The minimum Gasteiger partial charge on any atom is -0.497 e. The number of aryl methyl sites for hydroxylation is 1. The fourth-order valence-corrected chi connectivity index (χ4v) is 3.90. The fraction of sp³-hybridized carbons (Fsp3) is 0.296. The molecule has 2 aromatic carbocycles. The molecule has 9 heteroatoms. The number of methoxy groups -OCH3 is 1. The van der Waals surface area contributed by atoms with Gasteiger partial charge < -0.3 is 26.5 Å². The second-order valence-electron chi connectivity index (χ2n) is 8.06. The van der Waals surface area contributed by atoms with Crippen LogP contribution in [0.3, 0.4) is 0 Å². The van der Waals surface area contributed by atoms with Gasteiger partial charge >= 0.3 is 5.69 Å². The van der Waals surface area contributed by atoms with Crippen LogP contribution in [-0.2, 0) is 0 Å². The van der Waals surface area contributed by atoms with Crippen LogP contribution >= 0.6 is 0 Å². The van der Waals surface area contributed by atoms with Crippen LogP contribution in [0.5, 0.6) is 5.75 Å². The minimum atomic E-state index is -0.327. The van der Waals surface area contributed by atoms with Gasteiger partial charge in [-0.25, -0.2) is 4.79 Å². The number of rotatable bonds is 9. The Morgan fingerprint density at radius 3 is 2.36 bits per heavy atom. The van der Waals surface area contributed by atoms with Gasteiger partial charge in [-0.15, -0.1) is 0 Å². The molecule has 0 aliphatic heterocycles. The van der Waals surface area contributed by atoms with Crippen LogP contribution in [0.1, 0.15) is 43.1 Å². The highest BCUT2D eigenvalue weighted by atomic mass is 16.5. The first kappa shape index (κ1) is 26.5. The first-order valence-electron chi connectivity index (χ1n) is 12.1. The van der Waals surface area contributed by atoms with Crippen molar-refractivity contribution >= 4 is 17.0 Å². The van der Waals surface area contributed by atoms with Gasteiger partial charge in [-0.3, -0.25) is 9.56 Å². The summed E-state index contributed by atoms with van der Waals surface area (Å²) in [5.74, 6) is 0.896. The van der Waals surface area contributed by atoms with Gasteiger partial charge in [0.15, 0.2) is 5.96 Å². The van der Waals surface area contributed by atoms with Crippen molar-refractivity contribution in [2.24, 2.45) is 16.5 Å². The summed E-state index contributed by atoms with van der Waals surface area (Å²) in [7, 11) is 1.65. The lowest BCUT2D eigenvalue weighted by atomic mass is 9.98. The number of aromatic nitrogens is 3. The van der Waals surface area contributed by atoms with Gasteiger partial charge in [0.25, 0.3) is 0 Å². The topological polar surface area (TPSA) is 136 Å². The number of benzene rings is 2. The highest BCUT2D eigenvalue weighted by molar-refractivity contribution is 5.76. The predicted molar refractivity (Wildman–Crippen MR) is 146 cm³/mol. The molecule has 0 spiro atoms. The number of guanidine groups is 1. The molecular formula is C27H35N7O2. The van der Waals surface area contributed by atoms with E-state index in [2.05, 4.69) is 20.3 Å². The summed E-state index contributed by atoms with van der Waals surface area (Å²) >= 11 is 0. The molecule has 36 heavy (non-hydrogen) atoms. The van der Waals surface area contributed by atoms with Crippen LogP contribution in [0.4, 0.5) is 0 Å². The smallest absolute Gasteiger partial charge is 0.354 e. The number of hydrogen-bond donors (Lipinski definition) is 4. The van der Waals surface area contributed by atoms with E-state index in [1.54, 1.807) is 11.7 Å². The third kappa shape index (κ3) is 6.51. The van der Waals surface area contributed by atoms with E-state index in [1.807, 2.05) is 81.6 Å². The standard InChI is InChI=1S/C25H29N7O2.C2H6/c1-16-14-19-15-32(25(33)31-23(19)30-16)20-8-4-17(5-9-20)22(28-12-3-13-29-24(26)27)18-6-10-21(34-2)11-7-18;1-2/h4-11,14-15,22,28H,3,12-13H2,1-2H3,(H4,26,27,29)(H,30,31,33);1-2H3/t22-;/m1./s1. The third-order valence-electron chi connectivity index (χ3n) is 5.57. The van der Waals surface area contributed by atoms with E-state index in [-0.39, 0.29) is 17.7 Å². The maximum absolute atomic E-state index is 12.6. The maximum atomic E-state index is 12.6. The molecule has 0 unspecified atom stereocenters. The molecule has 9 nitrogen and oxygen atoms in total. The summed E-state index contributed by atoms with van der Waals surface area (Å²) in [6.07, 6.45) is 2.60. The molecule has 0 fully saturated rings. The summed E-state index contributed by atoms with van der Waals surface area (Å²) in [5, 5.41) is 4.47. The number of nitrogens with one attached hydrogen (secondary N) is 2.